The summed E-state index contributed by atoms with van der Waals surface area (Å²) in [6, 6.07) is 6.81. The summed E-state index contributed by atoms with van der Waals surface area (Å²) in [5.41, 5.74) is 1.41. The summed E-state index contributed by atoms with van der Waals surface area (Å²) in [5.74, 6) is -0.793. The number of amides is 2. The molecule has 2 rings (SSSR count). The Morgan fingerprint density at radius 2 is 1.82 bits per heavy atom. The summed E-state index contributed by atoms with van der Waals surface area (Å²) < 4.78 is 10.2. The molecule has 1 aliphatic heterocycles. The van der Waals surface area contributed by atoms with E-state index in [0.29, 0.717) is 19.5 Å². The van der Waals surface area contributed by atoms with E-state index in [4.69, 9.17) is 4.74 Å². The monoisotopic (exact) mass is 390 g/mol. The Balaban J connectivity index is 2.26. The zero-order valence-electron chi connectivity index (χ0n) is 17.4. The predicted molar refractivity (Wildman–Crippen MR) is 105 cm³/mol. The molecule has 154 valence electrons. The van der Waals surface area contributed by atoms with Crippen LogP contribution in [0.3, 0.4) is 0 Å². The molecule has 0 radical (unpaired) electrons. The van der Waals surface area contributed by atoms with E-state index < -0.39 is 17.6 Å². The van der Waals surface area contributed by atoms with E-state index in [2.05, 4.69) is 4.74 Å². The minimum absolute atomic E-state index is 0.109. The van der Waals surface area contributed by atoms with Crippen molar-refractivity contribution in [3.05, 3.63) is 35.4 Å². The Morgan fingerprint density at radius 1 is 1.18 bits per heavy atom. The lowest BCUT2D eigenvalue weighted by Crippen LogP contribution is -2.54. The van der Waals surface area contributed by atoms with Gasteiger partial charge in [0.2, 0.25) is 0 Å². The predicted octanol–water partition coefficient (Wildman–Crippen LogP) is 2.76. The molecule has 1 atom stereocenters. The number of fused-ring (bicyclic) bond motifs is 1. The molecule has 2 amide bonds. The van der Waals surface area contributed by atoms with Gasteiger partial charge in [-0.1, -0.05) is 24.3 Å². The Kier molecular flexibility index (Phi) is 7.05. The highest BCUT2D eigenvalue weighted by Crippen LogP contribution is 2.26. The maximum atomic E-state index is 13.2. The lowest BCUT2D eigenvalue weighted by molar-refractivity contribution is -0.161. The van der Waals surface area contributed by atoms with Gasteiger partial charge in [-0.05, 0) is 38.8 Å². The van der Waals surface area contributed by atoms with Gasteiger partial charge in [0.1, 0.15) is 11.6 Å². The number of hydrogen-bond acceptors (Lipinski definition) is 5. The molecule has 7 heteroatoms. The van der Waals surface area contributed by atoms with Crippen LogP contribution in [0, 0.1) is 0 Å². The molecule has 0 saturated heterocycles. The van der Waals surface area contributed by atoms with Gasteiger partial charge in [-0.3, -0.25) is 4.79 Å². The number of esters is 2. The van der Waals surface area contributed by atoms with Crippen molar-refractivity contribution in [2.24, 2.45) is 0 Å². The van der Waals surface area contributed by atoms with Crippen LogP contribution in [0.5, 0.6) is 0 Å². The minimum atomic E-state index is -0.700. The Hall–Kier alpha value is -2.57. The molecule has 0 bridgehead atoms. The van der Waals surface area contributed by atoms with Crippen LogP contribution >= 0.6 is 0 Å². The maximum Gasteiger partial charge on any atom is 0.329 e. The van der Waals surface area contributed by atoms with Gasteiger partial charge in [-0.25, -0.2) is 9.59 Å². The SMILES string of the molecule is CCN(CCC(=O)OC)C(=O)N1Cc2ccccc2CC1C(=O)OC(C)(C)C. The van der Waals surface area contributed by atoms with Gasteiger partial charge in [0.15, 0.2) is 0 Å². The highest BCUT2D eigenvalue weighted by Gasteiger charge is 2.38. The second-order valence-corrected chi connectivity index (χ2v) is 7.84. The fourth-order valence-corrected chi connectivity index (χ4v) is 3.20. The van der Waals surface area contributed by atoms with Crippen molar-refractivity contribution in [2.75, 3.05) is 20.2 Å². The zero-order valence-corrected chi connectivity index (χ0v) is 17.4. The van der Waals surface area contributed by atoms with Crippen molar-refractivity contribution in [1.82, 2.24) is 9.80 Å². The van der Waals surface area contributed by atoms with Gasteiger partial charge in [0.25, 0.3) is 0 Å². The standard InChI is InChI=1S/C21H30N2O5/c1-6-22(12-11-18(24)27-5)20(26)23-14-16-10-8-7-9-15(16)13-17(23)19(25)28-21(2,3)4/h7-10,17H,6,11-14H2,1-5H3. The molecule has 0 saturated carbocycles. The fraction of sp³-hybridized carbons (Fsp3) is 0.571. The number of benzene rings is 1. The van der Waals surface area contributed by atoms with Crippen molar-refractivity contribution in [3.8, 4) is 0 Å². The first-order valence-corrected chi connectivity index (χ1v) is 9.58. The summed E-state index contributed by atoms with van der Waals surface area (Å²) in [5, 5.41) is 0. The van der Waals surface area contributed by atoms with Crippen LogP contribution in [0.25, 0.3) is 0 Å². The molecule has 1 aromatic carbocycles. The number of ether oxygens (including phenoxy) is 2. The number of nitrogens with zero attached hydrogens (tertiary/aromatic N) is 2. The molecule has 0 aliphatic carbocycles. The van der Waals surface area contributed by atoms with Gasteiger partial charge in [-0.2, -0.15) is 0 Å². The van der Waals surface area contributed by atoms with Gasteiger partial charge in [-0.15, -0.1) is 0 Å². The number of carbonyl (C=O) groups excluding carboxylic acids is 3. The van der Waals surface area contributed by atoms with Gasteiger partial charge >= 0.3 is 18.0 Å². The van der Waals surface area contributed by atoms with Crippen LogP contribution in [0.1, 0.15) is 45.2 Å². The van der Waals surface area contributed by atoms with Crippen molar-refractivity contribution in [2.45, 2.75) is 58.7 Å². The lowest BCUT2D eigenvalue weighted by atomic mass is 9.94. The molecular weight excluding hydrogens is 360 g/mol. The van der Waals surface area contributed by atoms with Crippen molar-refractivity contribution in [3.63, 3.8) is 0 Å². The summed E-state index contributed by atoms with van der Waals surface area (Å²) in [7, 11) is 1.32. The quantitative estimate of drug-likeness (QED) is 0.723. The molecule has 0 fully saturated rings. The van der Waals surface area contributed by atoms with Gasteiger partial charge < -0.3 is 19.3 Å². The molecule has 28 heavy (non-hydrogen) atoms. The van der Waals surface area contributed by atoms with Crippen LogP contribution in [-0.4, -0.2) is 59.6 Å². The smallest absolute Gasteiger partial charge is 0.329 e. The summed E-state index contributed by atoms with van der Waals surface area (Å²) in [4.78, 5) is 40.7. The largest absolute Gasteiger partial charge is 0.469 e. The lowest BCUT2D eigenvalue weighted by Gasteiger charge is -2.39. The van der Waals surface area contributed by atoms with Crippen LogP contribution in [0.15, 0.2) is 24.3 Å². The highest BCUT2D eigenvalue weighted by atomic mass is 16.6. The summed E-state index contributed by atoms with van der Waals surface area (Å²) in [6.07, 6.45) is 0.517. The number of carbonyl (C=O) groups is 3. The fourth-order valence-electron chi connectivity index (χ4n) is 3.20. The first kappa shape index (κ1) is 21.7. The van der Waals surface area contributed by atoms with Crippen LogP contribution in [-0.2, 0) is 32.0 Å². The molecule has 7 nitrogen and oxygen atoms in total. The molecule has 1 aliphatic rings. The third kappa shape index (κ3) is 5.47. The topological polar surface area (TPSA) is 76.2 Å². The number of hydrogen-bond donors (Lipinski definition) is 0. The van der Waals surface area contributed by atoms with Gasteiger partial charge in [0.05, 0.1) is 13.5 Å². The van der Waals surface area contributed by atoms with E-state index in [1.54, 1.807) is 9.80 Å². The van der Waals surface area contributed by atoms with Crippen LogP contribution in [0.4, 0.5) is 4.79 Å². The van der Waals surface area contributed by atoms with E-state index in [1.165, 1.54) is 7.11 Å². The van der Waals surface area contributed by atoms with Crippen molar-refractivity contribution < 1.29 is 23.9 Å². The molecule has 0 spiro atoms. The van der Waals surface area contributed by atoms with E-state index in [1.807, 2.05) is 52.0 Å². The van der Waals surface area contributed by atoms with Crippen molar-refractivity contribution >= 4 is 18.0 Å². The average molecular weight is 390 g/mol. The van der Waals surface area contributed by atoms with Crippen LogP contribution in [0.2, 0.25) is 0 Å². The third-order valence-corrected chi connectivity index (χ3v) is 4.64. The number of urea groups is 1. The summed E-state index contributed by atoms with van der Waals surface area (Å²) in [6.45, 7) is 8.26. The molecule has 1 unspecified atom stereocenters. The molecule has 0 N–H and O–H groups in total. The minimum Gasteiger partial charge on any atom is -0.469 e. The molecule has 1 aromatic rings. The van der Waals surface area contributed by atoms with Crippen LogP contribution < -0.4 is 0 Å². The second-order valence-electron chi connectivity index (χ2n) is 7.84. The normalized spacial score (nSPS) is 16.2. The molecule has 0 aromatic heterocycles. The Labute approximate surface area is 166 Å². The average Bonchev–Trinajstić information content (AvgIpc) is 2.65. The second kappa shape index (κ2) is 9.08. The first-order chi connectivity index (χ1) is 13.2. The number of methoxy groups -OCH3 is 1. The number of rotatable bonds is 5. The van der Waals surface area contributed by atoms with E-state index in [0.717, 1.165) is 11.1 Å². The van der Waals surface area contributed by atoms with E-state index in [9.17, 15) is 14.4 Å². The first-order valence-electron chi connectivity index (χ1n) is 9.58. The Morgan fingerprint density at radius 3 is 2.39 bits per heavy atom. The molecule has 1 heterocycles. The van der Waals surface area contributed by atoms with Crippen molar-refractivity contribution in [1.29, 1.82) is 0 Å². The third-order valence-electron chi connectivity index (χ3n) is 4.64. The van der Waals surface area contributed by atoms with E-state index >= 15 is 0 Å². The van der Waals surface area contributed by atoms with Gasteiger partial charge in [0, 0.05) is 26.1 Å². The Bertz CT molecular complexity index is 726. The van der Waals surface area contributed by atoms with E-state index in [-0.39, 0.29) is 25.0 Å². The maximum absolute atomic E-state index is 13.2. The molecular formula is C21H30N2O5. The zero-order chi connectivity index (χ0) is 20.9. The summed E-state index contributed by atoms with van der Waals surface area (Å²) >= 11 is 0. The highest BCUT2D eigenvalue weighted by molar-refractivity contribution is 5.85.